The van der Waals surface area contributed by atoms with Gasteiger partial charge in [0.2, 0.25) is 0 Å². The van der Waals surface area contributed by atoms with E-state index in [0.29, 0.717) is 25.3 Å². The third-order valence-corrected chi connectivity index (χ3v) is 4.04. The molecule has 0 aromatic carbocycles. The molecule has 1 atom stereocenters. The van der Waals surface area contributed by atoms with Gasteiger partial charge in [0.1, 0.15) is 5.54 Å². The Kier molecular flexibility index (Phi) is 7.63. The molecule has 0 spiro atoms. The number of methoxy groups -OCH3 is 1. The maximum absolute atomic E-state index is 12.3. The van der Waals surface area contributed by atoms with Gasteiger partial charge in [-0.3, -0.25) is 15.0 Å². The molecule has 21 heavy (non-hydrogen) atoms. The highest BCUT2D eigenvalue weighted by atomic mass is 16.5. The van der Waals surface area contributed by atoms with Crippen LogP contribution in [0.15, 0.2) is 0 Å². The number of nitrogens with zero attached hydrogens (tertiary/aromatic N) is 1. The van der Waals surface area contributed by atoms with Gasteiger partial charge in [-0.2, -0.15) is 0 Å². The van der Waals surface area contributed by atoms with Crippen LogP contribution in [0.25, 0.3) is 0 Å². The summed E-state index contributed by atoms with van der Waals surface area (Å²) in [5, 5.41) is 3.47. The first kappa shape index (κ1) is 18.4. The number of hydrogen-bond acceptors (Lipinski definition) is 5. The zero-order valence-electron chi connectivity index (χ0n) is 14.3. The Morgan fingerprint density at radius 3 is 2.52 bits per heavy atom. The van der Waals surface area contributed by atoms with E-state index in [9.17, 15) is 4.79 Å². The molecule has 0 heterocycles. The maximum Gasteiger partial charge on any atom is 0.326 e. The molecule has 5 heteroatoms. The third kappa shape index (κ3) is 6.32. The van der Waals surface area contributed by atoms with Gasteiger partial charge in [0.05, 0.1) is 13.2 Å². The number of hydrogen-bond donors (Lipinski definition) is 1. The summed E-state index contributed by atoms with van der Waals surface area (Å²) < 4.78 is 10.4. The van der Waals surface area contributed by atoms with Crippen LogP contribution < -0.4 is 5.32 Å². The fourth-order valence-electron chi connectivity index (χ4n) is 2.41. The van der Waals surface area contributed by atoms with Crippen molar-refractivity contribution < 1.29 is 14.3 Å². The molecule has 124 valence electrons. The minimum Gasteiger partial charge on any atom is -0.465 e. The van der Waals surface area contributed by atoms with Gasteiger partial charge in [0.25, 0.3) is 0 Å². The van der Waals surface area contributed by atoms with E-state index in [-0.39, 0.29) is 5.97 Å². The highest BCUT2D eigenvalue weighted by Gasteiger charge is 2.39. The van der Waals surface area contributed by atoms with Gasteiger partial charge in [-0.1, -0.05) is 0 Å². The van der Waals surface area contributed by atoms with Crippen LogP contribution in [0.3, 0.4) is 0 Å². The third-order valence-electron chi connectivity index (χ3n) is 4.04. The molecule has 5 nitrogen and oxygen atoms in total. The van der Waals surface area contributed by atoms with Crippen LogP contribution in [0.4, 0.5) is 0 Å². The largest absolute Gasteiger partial charge is 0.465 e. The first-order valence-corrected chi connectivity index (χ1v) is 8.11. The maximum atomic E-state index is 12.3. The van der Waals surface area contributed by atoms with Crippen molar-refractivity contribution >= 4 is 5.97 Å². The highest BCUT2D eigenvalue weighted by Crippen LogP contribution is 2.25. The molecule has 1 fully saturated rings. The second-order valence-corrected chi connectivity index (χ2v) is 6.34. The van der Waals surface area contributed by atoms with Crippen molar-refractivity contribution in [2.45, 2.75) is 64.6 Å². The van der Waals surface area contributed by atoms with Gasteiger partial charge in [0, 0.05) is 32.3 Å². The van der Waals surface area contributed by atoms with Crippen molar-refractivity contribution in [1.82, 2.24) is 10.2 Å². The van der Waals surface area contributed by atoms with Gasteiger partial charge >= 0.3 is 5.97 Å². The van der Waals surface area contributed by atoms with E-state index in [2.05, 4.69) is 24.1 Å². The first-order chi connectivity index (χ1) is 9.92. The summed E-state index contributed by atoms with van der Waals surface area (Å²) in [7, 11) is 1.72. The lowest BCUT2D eigenvalue weighted by atomic mass is 9.97. The van der Waals surface area contributed by atoms with Crippen molar-refractivity contribution in [3.05, 3.63) is 0 Å². The lowest BCUT2D eigenvalue weighted by molar-refractivity contribution is -0.151. The van der Waals surface area contributed by atoms with Crippen LogP contribution in [0.2, 0.25) is 0 Å². The van der Waals surface area contributed by atoms with Gasteiger partial charge < -0.3 is 9.47 Å². The standard InChI is InChI=1S/C16H32N2O3/c1-6-21-15(19)16(4,17-14-7-8-14)9-10-18(13(2)3)11-12-20-5/h13-14,17H,6-12H2,1-5H3. The van der Waals surface area contributed by atoms with E-state index in [1.807, 2.05) is 13.8 Å². The smallest absolute Gasteiger partial charge is 0.326 e. The normalized spacial score (nSPS) is 18.0. The summed E-state index contributed by atoms with van der Waals surface area (Å²) in [4.78, 5) is 14.6. The van der Waals surface area contributed by atoms with Crippen LogP contribution in [0.1, 0.15) is 47.0 Å². The molecule has 0 aliphatic heterocycles. The van der Waals surface area contributed by atoms with Crippen LogP contribution in [0.5, 0.6) is 0 Å². The van der Waals surface area contributed by atoms with E-state index in [4.69, 9.17) is 9.47 Å². The first-order valence-electron chi connectivity index (χ1n) is 8.11. The molecule has 0 bridgehead atoms. The highest BCUT2D eigenvalue weighted by molar-refractivity contribution is 5.80. The van der Waals surface area contributed by atoms with Gasteiger partial charge in [0.15, 0.2) is 0 Å². The van der Waals surface area contributed by atoms with Gasteiger partial charge in [-0.25, -0.2) is 0 Å². The summed E-state index contributed by atoms with van der Waals surface area (Å²) >= 11 is 0. The van der Waals surface area contributed by atoms with E-state index in [0.717, 1.165) is 32.4 Å². The van der Waals surface area contributed by atoms with E-state index < -0.39 is 5.54 Å². The molecule has 1 N–H and O–H groups in total. The predicted molar refractivity (Wildman–Crippen MR) is 84.4 cm³/mol. The summed E-state index contributed by atoms with van der Waals surface area (Å²) in [6.07, 6.45) is 3.07. The number of esters is 1. The number of ether oxygens (including phenoxy) is 2. The molecule has 1 aliphatic rings. The van der Waals surface area contributed by atoms with Crippen LogP contribution in [-0.2, 0) is 14.3 Å². The Bertz CT molecular complexity index is 319. The molecule has 0 aromatic rings. The summed E-state index contributed by atoms with van der Waals surface area (Å²) in [6, 6.07) is 0.915. The molecular formula is C16H32N2O3. The summed E-state index contributed by atoms with van der Waals surface area (Å²) in [5.41, 5.74) is -0.586. The molecule has 1 aliphatic carbocycles. The molecule has 1 saturated carbocycles. The molecule has 0 radical (unpaired) electrons. The Morgan fingerprint density at radius 1 is 1.38 bits per heavy atom. The number of nitrogens with one attached hydrogen (secondary N) is 1. The van der Waals surface area contributed by atoms with Crippen molar-refractivity contribution in [2.75, 3.05) is 33.4 Å². The zero-order valence-corrected chi connectivity index (χ0v) is 14.3. The average Bonchev–Trinajstić information content (AvgIpc) is 3.22. The number of rotatable bonds is 11. The fraction of sp³-hybridized carbons (Fsp3) is 0.938. The zero-order chi connectivity index (χ0) is 15.9. The molecule has 1 rings (SSSR count). The number of carbonyl (C=O) groups is 1. The molecule has 0 amide bonds. The predicted octanol–water partition coefficient (Wildman–Crippen LogP) is 1.81. The lowest BCUT2D eigenvalue weighted by Gasteiger charge is -2.33. The SMILES string of the molecule is CCOC(=O)C(C)(CCN(CCOC)C(C)C)NC1CC1. The number of carbonyl (C=O) groups excluding carboxylic acids is 1. The second kappa shape index (κ2) is 8.71. The van der Waals surface area contributed by atoms with Gasteiger partial charge in [-0.05, 0) is 47.0 Å². The van der Waals surface area contributed by atoms with Crippen molar-refractivity contribution in [3.63, 3.8) is 0 Å². The van der Waals surface area contributed by atoms with E-state index in [1.54, 1.807) is 7.11 Å². The lowest BCUT2D eigenvalue weighted by Crippen LogP contribution is -2.53. The summed E-state index contributed by atoms with van der Waals surface area (Å²) in [6.45, 7) is 11.1. The monoisotopic (exact) mass is 300 g/mol. The average molecular weight is 300 g/mol. The second-order valence-electron chi connectivity index (χ2n) is 6.34. The van der Waals surface area contributed by atoms with E-state index in [1.165, 1.54) is 0 Å². The molecular weight excluding hydrogens is 268 g/mol. The summed E-state index contributed by atoms with van der Waals surface area (Å²) in [5.74, 6) is -0.132. The van der Waals surface area contributed by atoms with Gasteiger partial charge in [-0.15, -0.1) is 0 Å². The molecule has 1 unspecified atom stereocenters. The minimum atomic E-state index is -0.586. The molecule has 0 aromatic heterocycles. The van der Waals surface area contributed by atoms with Crippen LogP contribution in [0, 0.1) is 0 Å². The topological polar surface area (TPSA) is 50.8 Å². The Balaban J connectivity index is 2.59. The molecule has 0 saturated heterocycles. The Labute approximate surface area is 129 Å². The van der Waals surface area contributed by atoms with Crippen LogP contribution in [-0.4, -0.2) is 61.9 Å². The Morgan fingerprint density at radius 2 is 2.05 bits per heavy atom. The Hall–Kier alpha value is -0.650. The van der Waals surface area contributed by atoms with Crippen molar-refractivity contribution in [1.29, 1.82) is 0 Å². The quantitative estimate of drug-likeness (QED) is 0.590. The van der Waals surface area contributed by atoms with Crippen LogP contribution >= 0.6 is 0 Å². The minimum absolute atomic E-state index is 0.132. The van der Waals surface area contributed by atoms with Crippen molar-refractivity contribution in [3.8, 4) is 0 Å². The van der Waals surface area contributed by atoms with Crippen molar-refractivity contribution in [2.24, 2.45) is 0 Å². The van der Waals surface area contributed by atoms with E-state index >= 15 is 0 Å². The fourth-order valence-corrected chi connectivity index (χ4v) is 2.41.